The van der Waals surface area contributed by atoms with Crippen LogP contribution in [-0.4, -0.2) is 46.1 Å². The molecule has 1 aromatic rings. The molecule has 0 saturated carbocycles. The highest BCUT2D eigenvalue weighted by atomic mass is 16.2. The van der Waals surface area contributed by atoms with Crippen LogP contribution in [-0.2, 0) is 18.9 Å². The predicted octanol–water partition coefficient (Wildman–Crippen LogP) is 0.480. The third-order valence-electron chi connectivity index (χ3n) is 4.54. The number of amides is 1. The third kappa shape index (κ3) is 5.70. The van der Waals surface area contributed by atoms with E-state index < -0.39 is 5.56 Å². The second kappa shape index (κ2) is 9.36. The van der Waals surface area contributed by atoms with Crippen molar-refractivity contribution in [3.8, 4) is 0 Å². The maximum absolute atomic E-state index is 12.0. The normalized spacial score (nSPS) is 16.1. The van der Waals surface area contributed by atoms with Gasteiger partial charge >= 0.3 is 5.69 Å². The summed E-state index contributed by atoms with van der Waals surface area (Å²) in [6.45, 7) is 3.93. The van der Waals surface area contributed by atoms with Crippen LogP contribution < -0.4 is 16.6 Å². The predicted molar refractivity (Wildman–Crippen MR) is 98.5 cm³/mol. The van der Waals surface area contributed by atoms with Crippen LogP contribution in [0.15, 0.2) is 21.9 Å². The number of aromatic nitrogens is 2. The van der Waals surface area contributed by atoms with Crippen molar-refractivity contribution >= 4 is 12.0 Å². The summed E-state index contributed by atoms with van der Waals surface area (Å²) >= 11 is 0. The Labute approximate surface area is 147 Å². The van der Waals surface area contributed by atoms with Gasteiger partial charge in [0.25, 0.3) is 5.56 Å². The number of hydrogen-bond acceptors (Lipinski definition) is 4. The van der Waals surface area contributed by atoms with Gasteiger partial charge in [-0.05, 0) is 45.0 Å². The van der Waals surface area contributed by atoms with Crippen LogP contribution in [0, 0.1) is 0 Å². The first-order valence-electron chi connectivity index (χ1n) is 8.94. The van der Waals surface area contributed by atoms with E-state index in [9.17, 15) is 14.4 Å². The molecule has 1 aromatic heterocycles. The summed E-state index contributed by atoms with van der Waals surface area (Å²) in [6, 6.07) is 0. The molecule has 0 unspecified atom stereocenters. The molecule has 0 bridgehead atoms. The minimum absolute atomic E-state index is 0.230. The molecule has 1 N–H and O–H groups in total. The summed E-state index contributed by atoms with van der Waals surface area (Å²) in [6.07, 6.45) is 10.3. The third-order valence-corrected chi connectivity index (χ3v) is 4.54. The summed E-state index contributed by atoms with van der Waals surface area (Å²) in [7, 11) is 2.99. The van der Waals surface area contributed by atoms with Gasteiger partial charge in [0, 0.05) is 32.9 Å². The number of likely N-dealkylation sites (tertiary alicyclic amines) is 1. The van der Waals surface area contributed by atoms with Crippen molar-refractivity contribution in [2.45, 2.75) is 32.1 Å². The van der Waals surface area contributed by atoms with Crippen molar-refractivity contribution in [2.24, 2.45) is 14.1 Å². The number of rotatable bonds is 6. The summed E-state index contributed by atoms with van der Waals surface area (Å²) in [5.41, 5.74) is -0.488. The number of nitrogens with zero attached hydrogens (tertiary/aromatic N) is 3. The number of hydrogen-bond donors (Lipinski definition) is 1. The average molecular weight is 348 g/mol. The lowest BCUT2D eigenvalue weighted by Crippen LogP contribution is -2.37. The summed E-state index contributed by atoms with van der Waals surface area (Å²) in [5, 5.41) is 2.84. The molecule has 0 aliphatic carbocycles. The molecule has 0 radical (unpaired) electrons. The molecule has 0 atom stereocenters. The van der Waals surface area contributed by atoms with Gasteiger partial charge in [0.05, 0.1) is 5.56 Å². The van der Waals surface area contributed by atoms with E-state index in [4.69, 9.17) is 0 Å². The Morgan fingerprint density at radius 2 is 1.84 bits per heavy atom. The zero-order valence-corrected chi connectivity index (χ0v) is 15.2. The van der Waals surface area contributed by atoms with Crippen LogP contribution in [0.25, 0.3) is 6.08 Å². The number of nitrogens with one attached hydrogen (secondary N) is 1. The van der Waals surface area contributed by atoms with Crippen LogP contribution in [0.5, 0.6) is 0 Å². The van der Waals surface area contributed by atoms with Crippen LogP contribution in [0.1, 0.15) is 37.7 Å². The highest BCUT2D eigenvalue weighted by molar-refractivity contribution is 5.91. The fraction of sp³-hybridized carbons (Fsp3) is 0.611. The van der Waals surface area contributed by atoms with Gasteiger partial charge in [-0.15, -0.1) is 0 Å². The molecule has 0 aromatic carbocycles. The molecule has 1 aliphatic rings. The van der Waals surface area contributed by atoms with Crippen LogP contribution in [0.3, 0.4) is 0 Å². The van der Waals surface area contributed by atoms with E-state index in [1.807, 2.05) is 0 Å². The first-order chi connectivity index (χ1) is 12.0. The zero-order chi connectivity index (χ0) is 18.2. The van der Waals surface area contributed by atoms with E-state index in [-0.39, 0.29) is 11.6 Å². The smallest absolute Gasteiger partial charge is 0.330 e. The second-order valence-corrected chi connectivity index (χ2v) is 6.58. The molecule has 0 spiro atoms. The average Bonchev–Trinajstić information content (AvgIpc) is 2.87. The van der Waals surface area contributed by atoms with E-state index in [1.165, 1.54) is 55.6 Å². The highest BCUT2D eigenvalue weighted by Crippen LogP contribution is 2.09. The van der Waals surface area contributed by atoms with Gasteiger partial charge in [0.1, 0.15) is 0 Å². The fourth-order valence-electron chi connectivity index (χ4n) is 3.05. The fourth-order valence-corrected chi connectivity index (χ4v) is 3.05. The van der Waals surface area contributed by atoms with E-state index in [0.29, 0.717) is 12.1 Å². The van der Waals surface area contributed by atoms with Crippen molar-refractivity contribution in [2.75, 3.05) is 26.2 Å². The van der Waals surface area contributed by atoms with Gasteiger partial charge in [-0.1, -0.05) is 12.8 Å². The molecule has 25 heavy (non-hydrogen) atoms. The lowest BCUT2D eigenvalue weighted by Gasteiger charge is -2.19. The lowest BCUT2D eigenvalue weighted by molar-refractivity contribution is -0.116. The lowest BCUT2D eigenvalue weighted by atomic mass is 10.2. The Kier molecular flexibility index (Phi) is 7.18. The second-order valence-electron chi connectivity index (χ2n) is 6.58. The van der Waals surface area contributed by atoms with Gasteiger partial charge in [-0.25, -0.2) is 4.79 Å². The Bertz CT molecular complexity index is 725. The van der Waals surface area contributed by atoms with E-state index in [0.717, 1.165) is 30.6 Å². The van der Waals surface area contributed by atoms with Gasteiger partial charge in [-0.3, -0.25) is 14.2 Å². The van der Waals surface area contributed by atoms with Crippen LogP contribution in [0.4, 0.5) is 0 Å². The van der Waals surface area contributed by atoms with Crippen LogP contribution in [0.2, 0.25) is 0 Å². The van der Waals surface area contributed by atoms with E-state index in [1.54, 1.807) is 7.05 Å². The largest absolute Gasteiger partial charge is 0.353 e. The molecule has 7 heteroatoms. The standard InChI is InChI=1S/C18H28N4O3/c1-20-14-15(17(24)21(2)18(20)25)8-9-16(23)19-10-7-13-22-11-5-3-4-6-12-22/h8-9,14H,3-7,10-13H2,1-2H3,(H,19,23)/b9-8+. The molecular formula is C18H28N4O3. The first kappa shape index (κ1) is 19.2. The minimum atomic E-state index is -0.409. The molecule has 138 valence electrons. The van der Waals surface area contributed by atoms with E-state index >= 15 is 0 Å². The maximum atomic E-state index is 12.0. The molecule has 7 nitrogen and oxygen atoms in total. The number of carbonyl (C=O) groups excluding carboxylic acids is 1. The molecule has 1 aliphatic heterocycles. The van der Waals surface area contributed by atoms with Crippen molar-refractivity contribution in [3.05, 3.63) is 38.7 Å². The Morgan fingerprint density at radius 1 is 1.16 bits per heavy atom. The quantitative estimate of drug-likeness (QED) is 0.599. The Balaban J connectivity index is 1.79. The van der Waals surface area contributed by atoms with Crippen molar-refractivity contribution in [3.63, 3.8) is 0 Å². The SMILES string of the molecule is Cn1cc(/C=C/C(=O)NCCCN2CCCCCC2)c(=O)n(C)c1=O. The van der Waals surface area contributed by atoms with Crippen LogP contribution >= 0.6 is 0 Å². The van der Waals surface area contributed by atoms with Gasteiger partial charge in [0.2, 0.25) is 5.91 Å². The van der Waals surface area contributed by atoms with E-state index in [2.05, 4.69) is 10.2 Å². The molecule has 2 heterocycles. The molecule has 2 rings (SSSR count). The maximum Gasteiger partial charge on any atom is 0.330 e. The monoisotopic (exact) mass is 348 g/mol. The highest BCUT2D eigenvalue weighted by Gasteiger charge is 2.08. The van der Waals surface area contributed by atoms with Gasteiger partial charge in [-0.2, -0.15) is 0 Å². The van der Waals surface area contributed by atoms with Crippen molar-refractivity contribution < 1.29 is 4.79 Å². The van der Waals surface area contributed by atoms with Crippen molar-refractivity contribution in [1.29, 1.82) is 0 Å². The molecule has 1 saturated heterocycles. The topological polar surface area (TPSA) is 76.3 Å². The summed E-state index contributed by atoms with van der Waals surface area (Å²) in [4.78, 5) is 37.9. The number of carbonyl (C=O) groups is 1. The van der Waals surface area contributed by atoms with Crippen molar-refractivity contribution in [1.82, 2.24) is 19.4 Å². The zero-order valence-electron chi connectivity index (χ0n) is 15.2. The molecular weight excluding hydrogens is 320 g/mol. The van der Waals surface area contributed by atoms with Gasteiger partial charge in [0.15, 0.2) is 0 Å². The Hall–Kier alpha value is -2.15. The minimum Gasteiger partial charge on any atom is -0.353 e. The number of aryl methyl sites for hydroxylation is 1. The summed E-state index contributed by atoms with van der Waals surface area (Å²) < 4.78 is 2.35. The van der Waals surface area contributed by atoms with Gasteiger partial charge < -0.3 is 14.8 Å². The first-order valence-corrected chi connectivity index (χ1v) is 8.94. The molecule has 1 fully saturated rings. The summed E-state index contributed by atoms with van der Waals surface area (Å²) in [5.74, 6) is -0.230. The Morgan fingerprint density at radius 3 is 2.52 bits per heavy atom. The molecule has 1 amide bonds.